The number of carbonyl (C=O) groups is 1. The number of rotatable bonds is 12. The zero-order chi connectivity index (χ0) is 27.7. The van der Waals surface area contributed by atoms with Crippen LogP contribution in [0.15, 0.2) is 70.7 Å². The van der Waals surface area contributed by atoms with Gasteiger partial charge in [0.1, 0.15) is 23.8 Å². The van der Waals surface area contributed by atoms with Crippen molar-refractivity contribution in [2.45, 2.75) is 4.90 Å². The number of hydrogen-bond donors (Lipinski definition) is 1. The Labute approximate surface area is 221 Å². The van der Waals surface area contributed by atoms with E-state index < -0.39 is 22.5 Å². The lowest BCUT2D eigenvalue weighted by Crippen LogP contribution is -2.39. The molecule has 3 rings (SSSR count). The van der Waals surface area contributed by atoms with Crippen LogP contribution in [-0.2, 0) is 14.8 Å². The molecule has 0 heterocycles. The summed E-state index contributed by atoms with van der Waals surface area (Å²) in [5.41, 5.74) is 3.16. The lowest BCUT2D eigenvalue weighted by molar-refractivity contribution is -0.119. The molecule has 0 atom stereocenters. The molecule has 0 bridgehead atoms. The summed E-state index contributed by atoms with van der Waals surface area (Å²) in [6.07, 6.45) is 1.43. The van der Waals surface area contributed by atoms with E-state index in [1.807, 2.05) is 0 Å². The molecule has 1 N–H and O–H groups in total. The Morgan fingerprint density at radius 1 is 0.789 bits per heavy atom. The van der Waals surface area contributed by atoms with Crippen LogP contribution in [0.2, 0.25) is 0 Å². The summed E-state index contributed by atoms with van der Waals surface area (Å²) in [5.74, 6) is 1.12. The Morgan fingerprint density at radius 3 is 2.00 bits per heavy atom. The van der Waals surface area contributed by atoms with Crippen LogP contribution in [0.25, 0.3) is 0 Å². The van der Waals surface area contributed by atoms with Gasteiger partial charge in [0.05, 0.1) is 52.3 Å². The van der Waals surface area contributed by atoms with Gasteiger partial charge in [0.15, 0.2) is 11.5 Å². The molecule has 0 aromatic heterocycles. The Kier molecular flexibility index (Phi) is 9.39. The number of amides is 1. The molecule has 0 saturated carbocycles. The van der Waals surface area contributed by atoms with E-state index >= 15 is 0 Å². The average molecular weight is 544 g/mol. The van der Waals surface area contributed by atoms with Crippen molar-refractivity contribution in [2.24, 2.45) is 5.10 Å². The van der Waals surface area contributed by atoms with E-state index in [9.17, 15) is 13.2 Å². The van der Waals surface area contributed by atoms with Crippen LogP contribution in [0, 0.1) is 0 Å². The number of ether oxygens (including phenoxy) is 5. The molecule has 0 aliphatic rings. The van der Waals surface area contributed by atoms with Gasteiger partial charge in [-0.2, -0.15) is 5.10 Å². The average Bonchev–Trinajstić information content (AvgIpc) is 2.95. The first-order valence-electron chi connectivity index (χ1n) is 11.2. The van der Waals surface area contributed by atoms with Gasteiger partial charge in [0.25, 0.3) is 15.9 Å². The molecule has 3 aromatic carbocycles. The Morgan fingerprint density at radius 2 is 1.39 bits per heavy atom. The normalized spacial score (nSPS) is 11.1. The van der Waals surface area contributed by atoms with E-state index in [1.165, 1.54) is 58.9 Å². The first-order valence-corrected chi connectivity index (χ1v) is 12.6. The molecule has 0 aliphatic heterocycles. The standard InChI is InChI=1S/C26H29N3O8S/c1-33-19-8-6-18(7-9-19)16-27-28-26(30)17-29(22-14-20(34-2)10-12-23(22)35-3)38(31,32)21-11-13-24(36-4)25(15-21)37-5/h6-16H,17H2,1-5H3,(H,28,30)/b27-16-. The van der Waals surface area contributed by atoms with Crippen LogP contribution in [-0.4, -0.2) is 62.6 Å². The van der Waals surface area contributed by atoms with Crippen LogP contribution in [0.1, 0.15) is 5.56 Å². The number of carbonyl (C=O) groups excluding carboxylic acids is 1. The third kappa shape index (κ3) is 6.45. The Hall–Kier alpha value is -4.45. The molecule has 0 aliphatic carbocycles. The van der Waals surface area contributed by atoms with Gasteiger partial charge in [-0.25, -0.2) is 13.8 Å². The van der Waals surface area contributed by atoms with Crippen molar-refractivity contribution in [2.75, 3.05) is 46.4 Å². The Balaban J connectivity index is 1.98. The monoisotopic (exact) mass is 543 g/mol. The molecule has 0 fully saturated rings. The van der Waals surface area contributed by atoms with Gasteiger partial charge in [0.2, 0.25) is 0 Å². The van der Waals surface area contributed by atoms with Crippen molar-refractivity contribution in [3.05, 3.63) is 66.2 Å². The maximum absolute atomic E-state index is 13.9. The zero-order valence-corrected chi connectivity index (χ0v) is 22.4. The number of hydrogen-bond acceptors (Lipinski definition) is 9. The van der Waals surface area contributed by atoms with Crippen LogP contribution in [0.5, 0.6) is 28.7 Å². The van der Waals surface area contributed by atoms with E-state index in [2.05, 4.69) is 10.5 Å². The number of nitrogens with one attached hydrogen (secondary N) is 1. The number of methoxy groups -OCH3 is 5. The fourth-order valence-corrected chi connectivity index (χ4v) is 4.87. The summed E-state index contributed by atoms with van der Waals surface area (Å²) < 4.78 is 54.9. The number of hydrazone groups is 1. The smallest absolute Gasteiger partial charge is 0.265 e. The van der Waals surface area contributed by atoms with Gasteiger partial charge >= 0.3 is 0 Å². The lowest BCUT2D eigenvalue weighted by atomic mass is 10.2. The first-order chi connectivity index (χ1) is 18.3. The van der Waals surface area contributed by atoms with Crippen LogP contribution < -0.4 is 33.4 Å². The van der Waals surface area contributed by atoms with Crippen molar-refractivity contribution in [1.29, 1.82) is 0 Å². The van der Waals surface area contributed by atoms with E-state index in [-0.39, 0.29) is 22.1 Å². The number of sulfonamides is 1. The van der Waals surface area contributed by atoms with E-state index in [0.29, 0.717) is 22.8 Å². The highest BCUT2D eigenvalue weighted by Gasteiger charge is 2.31. The predicted octanol–water partition coefficient (Wildman–Crippen LogP) is 3.08. The maximum atomic E-state index is 13.9. The molecular formula is C26H29N3O8S. The van der Waals surface area contributed by atoms with Gasteiger partial charge in [-0.15, -0.1) is 0 Å². The van der Waals surface area contributed by atoms with Gasteiger partial charge in [-0.3, -0.25) is 9.10 Å². The second-order valence-corrected chi connectivity index (χ2v) is 9.49. The minimum absolute atomic E-state index is 0.0934. The fraction of sp³-hybridized carbons (Fsp3) is 0.231. The quantitative estimate of drug-likeness (QED) is 0.273. The van der Waals surface area contributed by atoms with Gasteiger partial charge in [0, 0.05) is 12.1 Å². The summed E-state index contributed by atoms with van der Waals surface area (Å²) in [6, 6.07) is 15.8. The highest BCUT2D eigenvalue weighted by atomic mass is 32.2. The third-order valence-corrected chi connectivity index (χ3v) is 7.16. The van der Waals surface area contributed by atoms with Crippen LogP contribution in [0.4, 0.5) is 5.69 Å². The van der Waals surface area contributed by atoms with Crippen molar-refractivity contribution >= 4 is 27.8 Å². The van der Waals surface area contributed by atoms with Gasteiger partial charge in [-0.05, 0) is 54.1 Å². The van der Waals surface area contributed by atoms with Crippen molar-refractivity contribution in [1.82, 2.24) is 5.43 Å². The summed E-state index contributed by atoms with van der Waals surface area (Å²) in [6.45, 7) is -0.611. The number of nitrogens with zero attached hydrogens (tertiary/aromatic N) is 2. The minimum Gasteiger partial charge on any atom is -0.497 e. The molecule has 11 nitrogen and oxygen atoms in total. The summed E-state index contributed by atoms with van der Waals surface area (Å²) in [7, 11) is 2.92. The molecule has 38 heavy (non-hydrogen) atoms. The highest BCUT2D eigenvalue weighted by molar-refractivity contribution is 7.92. The summed E-state index contributed by atoms with van der Waals surface area (Å²) in [4.78, 5) is 12.8. The second-order valence-electron chi connectivity index (χ2n) is 7.63. The molecular weight excluding hydrogens is 514 g/mol. The SMILES string of the molecule is COc1ccc(/C=N\NC(=O)CN(c2cc(OC)ccc2OC)S(=O)(=O)c2ccc(OC)c(OC)c2)cc1. The molecule has 202 valence electrons. The van der Waals surface area contributed by atoms with E-state index in [0.717, 1.165) is 4.31 Å². The van der Waals surface area contributed by atoms with Crippen LogP contribution >= 0.6 is 0 Å². The van der Waals surface area contributed by atoms with Crippen molar-refractivity contribution in [3.8, 4) is 28.7 Å². The highest BCUT2D eigenvalue weighted by Crippen LogP contribution is 2.37. The third-order valence-electron chi connectivity index (χ3n) is 5.40. The van der Waals surface area contributed by atoms with Crippen LogP contribution in [0.3, 0.4) is 0 Å². The Bertz CT molecular complexity index is 1390. The molecule has 12 heteroatoms. The molecule has 0 saturated heterocycles. The molecule has 0 radical (unpaired) electrons. The van der Waals surface area contributed by atoms with Crippen molar-refractivity contribution in [3.63, 3.8) is 0 Å². The summed E-state index contributed by atoms with van der Waals surface area (Å²) >= 11 is 0. The number of benzene rings is 3. The first kappa shape index (κ1) is 28.1. The maximum Gasteiger partial charge on any atom is 0.265 e. The van der Waals surface area contributed by atoms with Gasteiger partial charge in [-0.1, -0.05) is 0 Å². The topological polar surface area (TPSA) is 125 Å². The molecule has 0 unspecified atom stereocenters. The molecule has 0 spiro atoms. The molecule has 1 amide bonds. The van der Waals surface area contributed by atoms with Crippen molar-refractivity contribution < 1.29 is 36.9 Å². The van der Waals surface area contributed by atoms with Gasteiger partial charge < -0.3 is 23.7 Å². The minimum atomic E-state index is -4.31. The molecule has 3 aromatic rings. The zero-order valence-electron chi connectivity index (χ0n) is 21.6. The lowest BCUT2D eigenvalue weighted by Gasteiger charge is -2.26. The van der Waals surface area contributed by atoms with E-state index in [4.69, 9.17) is 23.7 Å². The predicted molar refractivity (Wildman–Crippen MR) is 142 cm³/mol. The number of anilines is 1. The summed E-state index contributed by atoms with van der Waals surface area (Å²) in [5, 5.41) is 3.95. The second kappa shape index (κ2) is 12.7. The largest absolute Gasteiger partial charge is 0.497 e. The van der Waals surface area contributed by atoms with E-state index in [1.54, 1.807) is 43.5 Å². The fourth-order valence-electron chi connectivity index (χ4n) is 3.43.